The minimum absolute atomic E-state index is 0.0799. The zero-order valence-electron chi connectivity index (χ0n) is 12.0. The van der Waals surface area contributed by atoms with E-state index in [2.05, 4.69) is 17.3 Å². The topological polar surface area (TPSA) is 59.2 Å². The second-order valence-corrected chi connectivity index (χ2v) is 7.37. The van der Waals surface area contributed by atoms with Crippen molar-refractivity contribution in [1.82, 2.24) is 9.88 Å². The predicted octanol–water partition coefficient (Wildman–Crippen LogP) is 3.07. The summed E-state index contributed by atoms with van der Waals surface area (Å²) in [5, 5.41) is 4.99. The van der Waals surface area contributed by atoms with E-state index in [9.17, 15) is 4.79 Å². The Morgan fingerprint density at radius 1 is 1.57 bits per heavy atom. The third kappa shape index (κ3) is 3.02. The number of aromatic nitrogens is 1. The summed E-state index contributed by atoms with van der Waals surface area (Å²) in [6.45, 7) is 3.56. The van der Waals surface area contributed by atoms with E-state index in [1.807, 2.05) is 16.3 Å². The van der Waals surface area contributed by atoms with Gasteiger partial charge in [-0.15, -0.1) is 11.3 Å². The van der Waals surface area contributed by atoms with Crippen LogP contribution in [0.2, 0.25) is 0 Å². The molecule has 2 N–H and O–H groups in total. The van der Waals surface area contributed by atoms with Crippen molar-refractivity contribution >= 4 is 28.6 Å². The van der Waals surface area contributed by atoms with Gasteiger partial charge in [-0.2, -0.15) is 11.3 Å². The minimum Gasteiger partial charge on any atom is -0.334 e. The average Bonchev–Trinajstić information content (AvgIpc) is 3.17. The number of carbonyl (C=O) groups excluding carboxylic acids is 1. The molecular formula is C15H19N3OS2. The number of carbonyl (C=O) groups is 1. The molecule has 2 aromatic rings. The first-order valence-electron chi connectivity index (χ1n) is 7.18. The van der Waals surface area contributed by atoms with Crippen LogP contribution in [-0.2, 0) is 0 Å². The zero-order chi connectivity index (χ0) is 14.8. The molecule has 112 valence electrons. The van der Waals surface area contributed by atoms with Crippen LogP contribution in [0.1, 0.15) is 29.4 Å². The summed E-state index contributed by atoms with van der Waals surface area (Å²) in [6.07, 6.45) is 3.75. The van der Waals surface area contributed by atoms with Crippen LogP contribution in [0.4, 0.5) is 0 Å². The maximum atomic E-state index is 12.7. The van der Waals surface area contributed by atoms with Crippen LogP contribution in [0, 0.1) is 5.92 Å². The van der Waals surface area contributed by atoms with E-state index >= 15 is 0 Å². The van der Waals surface area contributed by atoms with Crippen LogP contribution in [0.25, 0.3) is 10.6 Å². The molecule has 21 heavy (non-hydrogen) atoms. The Morgan fingerprint density at radius 3 is 3.14 bits per heavy atom. The van der Waals surface area contributed by atoms with Crippen LogP contribution >= 0.6 is 22.7 Å². The normalized spacial score (nSPS) is 22.5. The number of likely N-dealkylation sites (tertiary alicyclic amines) is 1. The van der Waals surface area contributed by atoms with E-state index < -0.39 is 0 Å². The molecule has 1 aliphatic heterocycles. The number of amides is 1. The quantitative estimate of drug-likeness (QED) is 0.945. The molecule has 0 bridgehead atoms. The van der Waals surface area contributed by atoms with E-state index in [4.69, 9.17) is 5.73 Å². The molecule has 3 heterocycles. The standard InChI is InChI=1S/C15H19N3OS2/c1-10-2-4-18(12(6-10)7-16)15(19)13-8-17-14(21-13)11-3-5-20-9-11/h3,5,8-10,12H,2,4,6-7,16H2,1H3. The van der Waals surface area contributed by atoms with Crippen molar-refractivity contribution in [2.75, 3.05) is 13.1 Å². The Kier molecular flexibility index (Phi) is 4.37. The van der Waals surface area contributed by atoms with Gasteiger partial charge in [0, 0.05) is 30.1 Å². The smallest absolute Gasteiger partial charge is 0.265 e. The van der Waals surface area contributed by atoms with Crippen LogP contribution in [0.5, 0.6) is 0 Å². The third-order valence-corrected chi connectivity index (χ3v) is 5.71. The van der Waals surface area contributed by atoms with Gasteiger partial charge in [-0.05, 0) is 30.2 Å². The molecule has 1 aliphatic rings. The molecule has 4 nitrogen and oxygen atoms in total. The first-order valence-corrected chi connectivity index (χ1v) is 8.94. The first-order chi connectivity index (χ1) is 10.2. The Bertz CT molecular complexity index is 608. The summed E-state index contributed by atoms with van der Waals surface area (Å²) >= 11 is 3.11. The lowest BCUT2D eigenvalue weighted by molar-refractivity contribution is 0.0578. The van der Waals surface area contributed by atoms with Crippen LogP contribution < -0.4 is 5.73 Å². The van der Waals surface area contributed by atoms with Crippen LogP contribution in [-0.4, -0.2) is 34.9 Å². The monoisotopic (exact) mass is 321 g/mol. The lowest BCUT2D eigenvalue weighted by Gasteiger charge is -2.37. The molecule has 1 amide bonds. The molecular weight excluding hydrogens is 302 g/mol. The predicted molar refractivity (Wildman–Crippen MR) is 87.7 cm³/mol. The van der Waals surface area contributed by atoms with Crippen LogP contribution in [0.3, 0.4) is 0 Å². The molecule has 2 unspecified atom stereocenters. The Morgan fingerprint density at radius 2 is 2.43 bits per heavy atom. The molecule has 3 rings (SSSR count). The number of hydrogen-bond acceptors (Lipinski definition) is 5. The Hall–Kier alpha value is -1.24. The molecule has 1 fully saturated rings. The van der Waals surface area contributed by atoms with E-state index in [1.165, 1.54) is 11.3 Å². The van der Waals surface area contributed by atoms with Crippen molar-refractivity contribution in [1.29, 1.82) is 0 Å². The summed E-state index contributed by atoms with van der Waals surface area (Å²) in [6, 6.07) is 2.19. The summed E-state index contributed by atoms with van der Waals surface area (Å²) in [5.41, 5.74) is 6.94. The molecule has 0 aliphatic carbocycles. The van der Waals surface area contributed by atoms with Gasteiger partial charge < -0.3 is 10.6 Å². The SMILES string of the molecule is CC1CCN(C(=O)c2cnc(-c3ccsc3)s2)C(CN)C1. The van der Waals surface area contributed by atoms with Crippen LogP contribution in [0.15, 0.2) is 23.0 Å². The molecule has 0 saturated carbocycles. The lowest BCUT2D eigenvalue weighted by Crippen LogP contribution is -2.49. The minimum atomic E-state index is 0.0799. The summed E-state index contributed by atoms with van der Waals surface area (Å²) in [4.78, 5) is 19.7. The third-order valence-electron chi connectivity index (χ3n) is 4.00. The highest BCUT2D eigenvalue weighted by atomic mass is 32.1. The molecule has 0 spiro atoms. The number of piperidine rings is 1. The van der Waals surface area contributed by atoms with Crippen molar-refractivity contribution in [2.24, 2.45) is 11.7 Å². The van der Waals surface area contributed by atoms with Crippen molar-refractivity contribution in [3.8, 4) is 10.6 Å². The lowest BCUT2D eigenvalue weighted by atomic mass is 9.92. The fourth-order valence-electron chi connectivity index (χ4n) is 2.78. The van der Waals surface area contributed by atoms with Gasteiger partial charge in [0.05, 0.1) is 6.20 Å². The van der Waals surface area contributed by atoms with Gasteiger partial charge in [0.15, 0.2) is 0 Å². The van der Waals surface area contributed by atoms with Crippen molar-refractivity contribution < 1.29 is 4.79 Å². The highest BCUT2D eigenvalue weighted by Crippen LogP contribution is 2.29. The van der Waals surface area contributed by atoms with Crippen molar-refractivity contribution in [3.05, 3.63) is 27.9 Å². The van der Waals surface area contributed by atoms with Gasteiger partial charge in [0.25, 0.3) is 5.91 Å². The largest absolute Gasteiger partial charge is 0.334 e. The maximum Gasteiger partial charge on any atom is 0.265 e. The molecule has 2 aromatic heterocycles. The summed E-state index contributed by atoms with van der Waals surface area (Å²) in [7, 11) is 0. The molecule has 1 saturated heterocycles. The fraction of sp³-hybridized carbons (Fsp3) is 0.467. The van der Waals surface area contributed by atoms with Crippen molar-refractivity contribution in [2.45, 2.75) is 25.8 Å². The molecule has 2 atom stereocenters. The molecule has 6 heteroatoms. The van der Waals surface area contributed by atoms with Gasteiger partial charge in [-0.3, -0.25) is 4.79 Å². The van der Waals surface area contributed by atoms with Crippen molar-refractivity contribution in [3.63, 3.8) is 0 Å². The number of nitrogens with zero attached hydrogens (tertiary/aromatic N) is 2. The van der Waals surface area contributed by atoms with E-state index in [1.54, 1.807) is 17.5 Å². The number of nitrogens with two attached hydrogens (primary N) is 1. The fourth-order valence-corrected chi connectivity index (χ4v) is 4.36. The second kappa shape index (κ2) is 6.25. The Labute approximate surface area is 132 Å². The molecule has 0 radical (unpaired) electrons. The number of hydrogen-bond donors (Lipinski definition) is 1. The second-order valence-electron chi connectivity index (χ2n) is 5.56. The van der Waals surface area contributed by atoms with Gasteiger partial charge in [-0.25, -0.2) is 4.98 Å². The van der Waals surface area contributed by atoms with E-state index in [0.717, 1.165) is 30.0 Å². The van der Waals surface area contributed by atoms with Gasteiger partial charge in [0.2, 0.25) is 0 Å². The zero-order valence-corrected chi connectivity index (χ0v) is 13.6. The van der Waals surface area contributed by atoms with Gasteiger partial charge >= 0.3 is 0 Å². The number of rotatable bonds is 3. The van der Waals surface area contributed by atoms with Gasteiger partial charge in [-0.1, -0.05) is 6.92 Å². The van der Waals surface area contributed by atoms with Gasteiger partial charge in [0.1, 0.15) is 9.88 Å². The summed E-state index contributed by atoms with van der Waals surface area (Å²) in [5.74, 6) is 0.724. The Balaban J connectivity index is 1.78. The number of thiophene rings is 1. The first kappa shape index (κ1) is 14.7. The van der Waals surface area contributed by atoms with E-state index in [0.29, 0.717) is 17.3 Å². The highest BCUT2D eigenvalue weighted by Gasteiger charge is 2.30. The average molecular weight is 321 g/mol. The highest BCUT2D eigenvalue weighted by molar-refractivity contribution is 7.17. The molecule has 0 aromatic carbocycles. The summed E-state index contributed by atoms with van der Waals surface area (Å²) < 4.78 is 0. The maximum absolute atomic E-state index is 12.7. The van der Waals surface area contributed by atoms with E-state index in [-0.39, 0.29) is 11.9 Å². The number of thiazole rings is 1.